The van der Waals surface area contributed by atoms with Crippen LogP contribution in [0.3, 0.4) is 0 Å². The maximum Gasteiger partial charge on any atom is 0.336 e. The minimum Gasteiger partial charge on any atom is -0.463 e. The molecule has 1 unspecified atom stereocenters. The molecule has 0 N–H and O–H groups in total. The lowest BCUT2D eigenvalue weighted by Gasteiger charge is -2.31. The van der Waals surface area contributed by atoms with Crippen LogP contribution in [0.25, 0.3) is 6.08 Å². The average molecular weight is 401 g/mol. The second kappa shape index (κ2) is 10.1. The molecule has 1 aliphatic heterocycles. The standard InChI is InChI=1S/C25H23NO4/c1-3-29-23(27)18-22(25(28)30-4-2)24-21-13-9-8-12-20(21)15-17-26(24)16-14-19-10-6-5-7-11-19/h5-13,15,17-18,24H,3-4H2,1-2H3/b22-18-. The van der Waals surface area contributed by atoms with Gasteiger partial charge in [-0.25, -0.2) is 9.59 Å². The van der Waals surface area contributed by atoms with Crippen LogP contribution in [0, 0.1) is 12.0 Å². The van der Waals surface area contributed by atoms with E-state index in [9.17, 15) is 9.59 Å². The van der Waals surface area contributed by atoms with E-state index in [1.807, 2.05) is 60.7 Å². The van der Waals surface area contributed by atoms with Crippen LogP contribution in [0.15, 0.2) is 72.4 Å². The van der Waals surface area contributed by atoms with Gasteiger partial charge in [0, 0.05) is 23.9 Å². The molecule has 0 amide bonds. The number of esters is 2. The van der Waals surface area contributed by atoms with E-state index in [4.69, 9.17) is 9.47 Å². The molecular weight excluding hydrogens is 378 g/mol. The van der Waals surface area contributed by atoms with Crippen molar-refractivity contribution in [3.8, 4) is 12.0 Å². The molecule has 5 nitrogen and oxygen atoms in total. The number of benzene rings is 2. The maximum atomic E-state index is 12.8. The van der Waals surface area contributed by atoms with Crippen LogP contribution in [-0.4, -0.2) is 30.1 Å². The minimum absolute atomic E-state index is 0.175. The van der Waals surface area contributed by atoms with Crippen LogP contribution in [0.2, 0.25) is 0 Å². The fourth-order valence-corrected chi connectivity index (χ4v) is 3.15. The Morgan fingerprint density at radius 2 is 1.70 bits per heavy atom. The van der Waals surface area contributed by atoms with Gasteiger partial charge in [-0.15, -0.1) is 0 Å². The quantitative estimate of drug-likeness (QED) is 0.429. The van der Waals surface area contributed by atoms with Crippen molar-refractivity contribution in [3.05, 3.63) is 89.1 Å². The largest absolute Gasteiger partial charge is 0.463 e. The topological polar surface area (TPSA) is 55.8 Å². The van der Waals surface area contributed by atoms with E-state index in [2.05, 4.69) is 12.0 Å². The first-order valence-corrected chi connectivity index (χ1v) is 9.81. The SMILES string of the molecule is CCOC(=O)/C=C(\C(=O)OCC)C1c2ccccc2C=CN1C#Cc1ccccc1. The molecule has 1 heterocycles. The molecule has 0 bridgehead atoms. The molecule has 0 aliphatic carbocycles. The highest BCUT2D eigenvalue weighted by Gasteiger charge is 2.32. The van der Waals surface area contributed by atoms with E-state index in [0.29, 0.717) is 0 Å². The first-order chi connectivity index (χ1) is 14.6. The Labute approximate surface area is 176 Å². The lowest BCUT2D eigenvalue weighted by Crippen LogP contribution is -2.29. The molecule has 5 heteroatoms. The molecule has 0 radical (unpaired) electrons. The Balaban J connectivity index is 2.09. The van der Waals surface area contributed by atoms with Gasteiger partial charge in [-0.2, -0.15) is 0 Å². The number of nitrogens with zero attached hydrogens (tertiary/aromatic N) is 1. The Bertz CT molecular complexity index is 1030. The van der Waals surface area contributed by atoms with Gasteiger partial charge >= 0.3 is 11.9 Å². The predicted octanol–water partition coefficient (Wildman–Crippen LogP) is 4.08. The van der Waals surface area contributed by atoms with Gasteiger partial charge in [0.05, 0.1) is 24.8 Å². The predicted molar refractivity (Wildman–Crippen MR) is 115 cm³/mol. The van der Waals surface area contributed by atoms with E-state index in [1.54, 1.807) is 24.9 Å². The third kappa shape index (κ3) is 4.98. The summed E-state index contributed by atoms with van der Waals surface area (Å²) in [6, 6.07) is 19.7. The number of hydrogen-bond acceptors (Lipinski definition) is 5. The van der Waals surface area contributed by atoms with Crippen molar-refractivity contribution in [2.75, 3.05) is 13.2 Å². The lowest BCUT2D eigenvalue weighted by atomic mass is 9.90. The number of hydrogen-bond donors (Lipinski definition) is 0. The fourth-order valence-electron chi connectivity index (χ4n) is 3.15. The molecule has 0 aromatic heterocycles. The molecule has 3 rings (SSSR count). The van der Waals surface area contributed by atoms with Crippen molar-refractivity contribution in [3.63, 3.8) is 0 Å². The van der Waals surface area contributed by atoms with E-state index >= 15 is 0 Å². The van der Waals surface area contributed by atoms with E-state index in [0.717, 1.165) is 16.7 Å². The van der Waals surface area contributed by atoms with Gasteiger partial charge < -0.3 is 9.47 Å². The fraction of sp³-hybridized carbons (Fsp3) is 0.200. The summed E-state index contributed by atoms with van der Waals surface area (Å²) in [6.45, 7) is 3.84. The molecule has 2 aromatic carbocycles. The second-order valence-electron chi connectivity index (χ2n) is 6.43. The van der Waals surface area contributed by atoms with Crippen molar-refractivity contribution < 1.29 is 19.1 Å². The first-order valence-electron chi connectivity index (χ1n) is 9.81. The van der Waals surface area contributed by atoms with E-state index in [-0.39, 0.29) is 18.8 Å². The van der Waals surface area contributed by atoms with Gasteiger partial charge in [0.2, 0.25) is 0 Å². The van der Waals surface area contributed by atoms with Gasteiger partial charge in [0.15, 0.2) is 0 Å². The number of rotatable bonds is 5. The van der Waals surface area contributed by atoms with Gasteiger partial charge in [-0.1, -0.05) is 42.5 Å². The third-order valence-electron chi connectivity index (χ3n) is 4.45. The Hall–Kier alpha value is -3.78. The lowest BCUT2D eigenvalue weighted by molar-refractivity contribution is -0.141. The summed E-state index contributed by atoms with van der Waals surface area (Å²) in [5.74, 6) is 1.94. The molecule has 30 heavy (non-hydrogen) atoms. The van der Waals surface area contributed by atoms with Gasteiger partial charge in [-0.05, 0) is 49.1 Å². The van der Waals surface area contributed by atoms with Crippen molar-refractivity contribution in [1.82, 2.24) is 4.90 Å². The molecule has 2 aromatic rings. The summed E-state index contributed by atoms with van der Waals surface area (Å²) in [4.78, 5) is 26.8. The minimum atomic E-state index is -0.606. The monoisotopic (exact) mass is 401 g/mol. The van der Waals surface area contributed by atoms with Crippen LogP contribution in [-0.2, 0) is 19.1 Å². The molecular formula is C25H23NO4. The third-order valence-corrected chi connectivity index (χ3v) is 4.45. The maximum absolute atomic E-state index is 12.8. The number of fused-ring (bicyclic) bond motifs is 1. The Morgan fingerprint density at radius 1 is 1.00 bits per heavy atom. The van der Waals surface area contributed by atoms with Gasteiger partial charge in [-0.3, -0.25) is 4.90 Å². The van der Waals surface area contributed by atoms with Crippen molar-refractivity contribution >= 4 is 18.0 Å². The zero-order valence-electron chi connectivity index (χ0n) is 17.0. The van der Waals surface area contributed by atoms with Crippen molar-refractivity contribution in [2.24, 2.45) is 0 Å². The van der Waals surface area contributed by atoms with Crippen LogP contribution in [0.5, 0.6) is 0 Å². The summed E-state index contributed by atoms with van der Waals surface area (Å²) in [5.41, 5.74) is 2.82. The van der Waals surface area contributed by atoms with Crippen molar-refractivity contribution in [1.29, 1.82) is 0 Å². The zero-order chi connectivity index (χ0) is 21.3. The highest BCUT2D eigenvalue weighted by molar-refractivity contribution is 5.98. The summed E-state index contributed by atoms with van der Waals surface area (Å²) in [7, 11) is 0. The Kier molecular flexibility index (Phi) is 7.07. The average Bonchev–Trinajstić information content (AvgIpc) is 2.77. The second-order valence-corrected chi connectivity index (χ2v) is 6.43. The van der Waals surface area contributed by atoms with Crippen LogP contribution >= 0.6 is 0 Å². The molecule has 152 valence electrons. The number of carbonyl (C=O) groups is 2. The molecule has 0 saturated carbocycles. The van der Waals surface area contributed by atoms with E-state index < -0.39 is 18.0 Å². The summed E-state index contributed by atoms with van der Waals surface area (Å²) in [5, 5.41) is 0. The van der Waals surface area contributed by atoms with E-state index in [1.165, 1.54) is 6.08 Å². The van der Waals surface area contributed by atoms with Gasteiger partial charge in [0.1, 0.15) is 0 Å². The number of ether oxygens (including phenoxy) is 2. The molecule has 0 spiro atoms. The van der Waals surface area contributed by atoms with Crippen LogP contribution in [0.4, 0.5) is 0 Å². The highest BCUT2D eigenvalue weighted by atomic mass is 16.5. The normalized spacial score (nSPS) is 14.9. The zero-order valence-corrected chi connectivity index (χ0v) is 17.0. The first kappa shape index (κ1) is 20.9. The summed E-state index contributed by atoms with van der Waals surface area (Å²) >= 11 is 0. The van der Waals surface area contributed by atoms with Crippen molar-refractivity contribution in [2.45, 2.75) is 19.9 Å². The highest BCUT2D eigenvalue weighted by Crippen LogP contribution is 2.36. The molecule has 0 fully saturated rings. The summed E-state index contributed by atoms with van der Waals surface area (Å²) in [6.07, 6.45) is 4.94. The Morgan fingerprint density at radius 3 is 2.43 bits per heavy atom. The number of carbonyl (C=O) groups excluding carboxylic acids is 2. The van der Waals surface area contributed by atoms with Crippen LogP contribution < -0.4 is 0 Å². The van der Waals surface area contributed by atoms with Crippen LogP contribution in [0.1, 0.15) is 36.6 Å². The molecule has 1 aliphatic rings. The summed E-state index contributed by atoms with van der Waals surface area (Å²) < 4.78 is 10.3. The van der Waals surface area contributed by atoms with Gasteiger partial charge in [0.25, 0.3) is 0 Å². The smallest absolute Gasteiger partial charge is 0.336 e. The molecule has 1 atom stereocenters. The molecule has 0 saturated heterocycles.